The van der Waals surface area contributed by atoms with Crippen LogP contribution >= 0.6 is 0 Å². The minimum atomic E-state index is -0.534. The van der Waals surface area contributed by atoms with Crippen LogP contribution in [-0.2, 0) is 4.79 Å². The van der Waals surface area contributed by atoms with E-state index in [0.717, 1.165) is 62.9 Å². The van der Waals surface area contributed by atoms with Gasteiger partial charge < -0.3 is 26.2 Å². The van der Waals surface area contributed by atoms with Crippen LogP contribution in [0.2, 0.25) is 0 Å². The number of benzene rings is 1. The van der Waals surface area contributed by atoms with E-state index in [1.165, 1.54) is 5.69 Å². The molecular formula is C24H32FN7O. The molecule has 176 valence electrons. The molecule has 1 saturated heterocycles. The van der Waals surface area contributed by atoms with Crippen molar-refractivity contribution in [1.29, 1.82) is 0 Å². The molecule has 1 aromatic heterocycles. The Morgan fingerprint density at radius 2 is 1.94 bits per heavy atom. The highest BCUT2D eigenvalue weighted by Crippen LogP contribution is 2.49. The number of aryl methyl sites for hydroxylation is 1. The molecule has 1 aliphatic heterocycles. The standard InChI is InChI=1S/C24H32FN7O/c1-14-11-17(5-6-19(14)32-9-7-31(2)8-10-32)28-24-27-13-18(25)23(30-24)29-21-16-4-3-15(12-16)20(21)22(26)33/h5-6,11,13,15-16,20-21H,3-4,7-10,12H2,1-2H3,(H2,26,33)(H2,27,28,29,30). The number of anilines is 4. The summed E-state index contributed by atoms with van der Waals surface area (Å²) in [5, 5.41) is 6.38. The van der Waals surface area contributed by atoms with Gasteiger partial charge in [-0.25, -0.2) is 9.37 Å². The third-order valence-electron chi connectivity index (χ3n) is 7.59. The van der Waals surface area contributed by atoms with Crippen LogP contribution in [0, 0.1) is 30.5 Å². The Morgan fingerprint density at radius 3 is 2.67 bits per heavy atom. The summed E-state index contributed by atoms with van der Waals surface area (Å²) in [4.78, 5) is 25.2. The maximum atomic E-state index is 14.5. The average molecular weight is 454 g/mol. The van der Waals surface area contributed by atoms with Gasteiger partial charge in [0.15, 0.2) is 11.6 Å². The van der Waals surface area contributed by atoms with E-state index in [2.05, 4.69) is 56.5 Å². The van der Waals surface area contributed by atoms with Crippen molar-refractivity contribution < 1.29 is 9.18 Å². The molecule has 9 heteroatoms. The van der Waals surface area contributed by atoms with Crippen LogP contribution in [0.5, 0.6) is 0 Å². The minimum absolute atomic E-state index is 0.113. The predicted molar refractivity (Wildman–Crippen MR) is 127 cm³/mol. The molecule has 4 N–H and O–H groups in total. The summed E-state index contributed by atoms with van der Waals surface area (Å²) in [5.74, 6) is -0.0975. The lowest BCUT2D eigenvalue weighted by Crippen LogP contribution is -2.44. The zero-order valence-electron chi connectivity index (χ0n) is 19.2. The van der Waals surface area contributed by atoms with Crippen molar-refractivity contribution in [2.75, 3.05) is 48.8 Å². The van der Waals surface area contributed by atoms with Gasteiger partial charge in [-0.05, 0) is 68.8 Å². The van der Waals surface area contributed by atoms with Gasteiger partial charge in [0.2, 0.25) is 11.9 Å². The lowest BCUT2D eigenvalue weighted by atomic mass is 9.84. The van der Waals surface area contributed by atoms with Crippen LogP contribution < -0.4 is 21.3 Å². The average Bonchev–Trinajstić information content (AvgIpc) is 3.39. The van der Waals surface area contributed by atoms with Crippen LogP contribution in [0.4, 0.5) is 27.5 Å². The van der Waals surface area contributed by atoms with Gasteiger partial charge in [0.05, 0.1) is 12.1 Å². The van der Waals surface area contributed by atoms with Crippen LogP contribution in [0.25, 0.3) is 0 Å². The first-order chi connectivity index (χ1) is 15.9. The van der Waals surface area contributed by atoms with E-state index in [9.17, 15) is 9.18 Å². The van der Waals surface area contributed by atoms with Crippen LogP contribution in [0.1, 0.15) is 24.8 Å². The second-order valence-electron chi connectivity index (χ2n) is 9.74. The van der Waals surface area contributed by atoms with Crippen molar-refractivity contribution >= 4 is 29.0 Å². The van der Waals surface area contributed by atoms with Crippen molar-refractivity contribution in [1.82, 2.24) is 14.9 Å². The van der Waals surface area contributed by atoms with Gasteiger partial charge in [0.25, 0.3) is 0 Å². The molecule has 3 fully saturated rings. The van der Waals surface area contributed by atoms with Gasteiger partial charge in [0, 0.05) is 43.6 Å². The fourth-order valence-electron chi connectivity index (χ4n) is 5.86. The second kappa shape index (κ2) is 8.78. The van der Waals surface area contributed by atoms with Crippen LogP contribution in [0.3, 0.4) is 0 Å². The first-order valence-electron chi connectivity index (χ1n) is 11.8. The summed E-state index contributed by atoms with van der Waals surface area (Å²) in [7, 11) is 2.15. The summed E-state index contributed by atoms with van der Waals surface area (Å²) >= 11 is 0. The van der Waals surface area contributed by atoms with Crippen molar-refractivity contribution in [3.8, 4) is 0 Å². The third kappa shape index (κ3) is 4.34. The number of halogens is 1. The molecule has 3 aliphatic rings. The number of hydrogen-bond donors (Lipinski definition) is 3. The number of carbonyl (C=O) groups excluding carboxylic acids is 1. The number of piperazine rings is 1. The van der Waals surface area contributed by atoms with Gasteiger partial charge in [0.1, 0.15) is 0 Å². The number of carbonyl (C=O) groups is 1. The van der Waals surface area contributed by atoms with E-state index in [4.69, 9.17) is 5.73 Å². The number of aromatic nitrogens is 2. The Kier molecular flexibility index (Phi) is 5.82. The quantitative estimate of drug-likeness (QED) is 0.618. The molecule has 8 nitrogen and oxygen atoms in total. The number of likely N-dealkylation sites (N-methyl/N-ethyl adjacent to an activating group) is 1. The van der Waals surface area contributed by atoms with E-state index < -0.39 is 5.82 Å². The minimum Gasteiger partial charge on any atom is -0.369 e. The van der Waals surface area contributed by atoms with E-state index in [1.807, 2.05) is 6.07 Å². The number of nitrogens with zero attached hydrogens (tertiary/aromatic N) is 4. The molecule has 0 spiro atoms. The molecule has 4 unspecified atom stereocenters. The van der Waals surface area contributed by atoms with E-state index in [0.29, 0.717) is 11.9 Å². The summed E-state index contributed by atoms with van der Waals surface area (Å²) in [6.45, 7) is 6.22. The maximum Gasteiger partial charge on any atom is 0.229 e. The molecule has 2 saturated carbocycles. The summed E-state index contributed by atoms with van der Waals surface area (Å²) in [6.07, 6.45) is 4.17. The fraction of sp³-hybridized carbons (Fsp3) is 0.542. The first-order valence-corrected chi connectivity index (χ1v) is 11.8. The molecular weight excluding hydrogens is 421 g/mol. The van der Waals surface area contributed by atoms with Gasteiger partial charge in [-0.2, -0.15) is 4.98 Å². The Hall–Kier alpha value is -2.94. The molecule has 33 heavy (non-hydrogen) atoms. The van der Waals surface area contributed by atoms with Crippen molar-refractivity contribution in [2.45, 2.75) is 32.2 Å². The molecule has 2 heterocycles. The van der Waals surface area contributed by atoms with Gasteiger partial charge >= 0.3 is 0 Å². The number of primary amides is 1. The Bertz CT molecular complexity index is 1040. The number of rotatable bonds is 6. The van der Waals surface area contributed by atoms with E-state index >= 15 is 0 Å². The zero-order chi connectivity index (χ0) is 23.1. The molecule has 2 aromatic rings. The highest BCUT2D eigenvalue weighted by molar-refractivity contribution is 5.79. The number of nitrogens with one attached hydrogen (secondary N) is 2. The Labute approximate surface area is 193 Å². The predicted octanol–water partition coefficient (Wildman–Crippen LogP) is 2.73. The smallest absolute Gasteiger partial charge is 0.229 e. The normalized spacial score (nSPS) is 27.1. The molecule has 1 amide bonds. The van der Waals surface area contributed by atoms with Crippen LogP contribution in [-0.4, -0.2) is 60.0 Å². The molecule has 1 aromatic carbocycles. The molecule has 2 aliphatic carbocycles. The van der Waals surface area contributed by atoms with E-state index in [-0.39, 0.29) is 29.6 Å². The van der Waals surface area contributed by atoms with E-state index in [1.54, 1.807) is 0 Å². The molecule has 4 atom stereocenters. The highest BCUT2D eigenvalue weighted by Gasteiger charge is 2.50. The van der Waals surface area contributed by atoms with Crippen LogP contribution in [0.15, 0.2) is 24.4 Å². The maximum absolute atomic E-state index is 14.5. The first kappa shape index (κ1) is 21.9. The molecule has 5 rings (SSSR count). The molecule has 2 bridgehead atoms. The largest absolute Gasteiger partial charge is 0.369 e. The fourth-order valence-corrected chi connectivity index (χ4v) is 5.86. The number of fused-ring (bicyclic) bond motifs is 2. The van der Waals surface area contributed by atoms with Crippen molar-refractivity contribution in [2.24, 2.45) is 23.5 Å². The zero-order valence-corrected chi connectivity index (χ0v) is 19.2. The van der Waals surface area contributed by atoms with Gasteiger partial charge in [-0.3, -0.25) is 4.79 Å². The third-order valence-corrected chi connectivity index (χ3v) is 7.59. The van der Waals surface area contributed by atoms with Gasteiger partial charge in [-0.15, -0.1) is 0 Å². The lowest BCUT2D eigenvalue weighted by Gasteiger charge is -2.35. The van der Waals surface area contributed by atoms with Crippen molar-refractivity contribution in [3.63, 3.8) is 0 Å². The van der Waals surface area contributed by atoms with Gasteiger partial charge in [-0.1, -0.05) is 0 Å². The van der Waals surface area contributed by atoms with Crippen molar-refractivity contribution in [3.05, 3.63) is 35.8 Å². The number of hydrogen-bond acceptors (Lipinski definition) is 7. The monoisotopic (exact) mass is 453 g/mol. The summed E-state index contributed by atoms with van der Waals surface area (Å²) in [5.41, 5.74) is 8.90. The topological polar surface area (TPSA) is 99.4 Å². The Morgan fingerprint density at radius 1 is 1.18 bits per heavy atom. The Balaban J connectivity index is 1.30. The second-order valence-corrected chi connectivity index (χ2v) is 9.74. The highest BCUT2D eigenvalue weighted by atomic mass is 19.1. The lowest BCUT2D eigenvalue weighted by molar-refractivity contribution is -0.123. The SMILES string of the molecule is Cc1cc(Nc2ncc(F)c(NC3C4CCC(C4)C3C(N)=O)n2)ccc1N1CCN(C)CC1. The number of amides is 1. The summed E-state index contributed by atoms with van der Waals surface area (Å²) < 4.78 is 14.5. The number of nitrogens with two attached hydrogens (primary N) is 1. The summed E-state index contributed by atoms with van der Waals surface area (Å²) in [6, 6.07) is 5.99. The molecule has 0 radical (unpaired) electrons.